The Bertz CT molecular complexity index is 435. The first-order valence-electron chi connectivity index (χ1n) is 8.00. The minimum Gasteiger partial charge on any atom is -0.342 e. The number of hydrogen-bond donors (Lipinski definition) is 0. The maximum Gasteiger partial charge on any atom is 0.223 e. The van der Waals surface area contributed by atoms with Gasteiger partial charge >= 0.3 is 0 Å². The van der Waals surface area contributed by atoms with Gasteiger partial charge in [-0.15, -0.1) is 0 Å². The fourth-order valence-electron chi connectivity index (χ4n) is 2.84. The molecular formula is C17H27N3O. The molecule has 0 aliphatic carbocycles. The van der Waals surface area contributed by atoms with Gasteiger partial charge in [0.05, 0.1) is 0 Å². The zero-order valence-corrected chi connectivity index (χ0v) is 13.3. The number of piperidine rings is 1. The molecule has 1 saturated heterocycles. The van der Waals surface area contributed by atoms with Gasteiger partial charge in [-0.05, 0) is 49.9 Å². The SMILES string of the molecule is CC1CCCN(C(=O)CCN(C)CCc2ccncc2)C1. The highest BCUT2D eigenvalue weighted by atomic mass is 16.2. The topological polar surface area (TPSA) is 36.4 Å². The number of pyridine rings is 1. The van der Waals surface area contributed by atoms with E-state index in [1.54, 1.807) is 0 Å². The van der Waals surface area contributed by atoms with Crippen LogP contribution < -0.4 is 0 Å². The number of amides is 1. The number of likely N-dealkylation sites (N-methyl/N-ethyl adjacent to an activating group) is 1. The lowest BCUT2D eigenvalue weighted by molar-refractivity contribution is -0.133. The number of likely N-dealkylation sites (tertiary alicyclic amines) is 1. The van der Waals surface area contributed by atoms with Crippen LogP contribution in [0.4, 0.5) is 0 Å². The molecule has 0 radical (unpaired) electrons. The van der Waals surface area contributed by atoms with Gasteiger partial charge in [0.2, 0.25) is 5.91 Å². The van der Waals surface area contributed by atoms with Crippen LogP contribution in [-0.2, 0) is 11.2 Å². The first-order valence-corrected chi connectivity index (χ1v) is 8.00. The highest BCUT2D eigenvalue weighted by Crippen LogP contribution is 2.16. The molecule has 21 heavy (non-hydrogen) atoms. The van der Waals surface area contributed by atoms with Crippen LogP contribution in [0.3, 0.4) is 0 Å². The second kappa shape index (κ2) is 8.13. The molecule has 1 unspecified atom stereocenters. The van der Waals surface area contributed by atoms with Crippen molar-refractivity contribution >= 4 is 5.91 Å². The second-order valence-electron chi connectivity index (χ2n) is 6.25. The van der Waals surface area contributed by atoms with E-state index in [2.05, 4.69) is 23.9 Å². The van der Waals surface area contributed by atoms with Gasteiger partial charge in [0.1, 0.15) is 0 Å². The third-order valence-corrected chi connectivity index (χ3v) is 4.25. The average molecular weight is 289 g/mol. The Morgan fingerprint density at radius 2 is 2.14 bits per heavy atom. The Hall–Kier alpha value is -1.42. The van der Waals surface area contributed by atoms with Gasteiger partial charge in [-0.2, -0.15) is 0 Å². The van der Waals surface area contributed by atoms with E-state index in [1.807, 2.05) is 29.4 Å². The Labute approximate surface area is 128 Å². The van der Waals surface area contributed by atoms with Crippen molar-refractivity contribution < 1.29 is 4.79 Å². The third-order valence-electron chi connectivity index (χ3n) is 4.25. The number of carbonyl (C=O) groups is 1. The number of hydrogen-bond acceptors (Lipinski definition) is 3. The third kappa shape index (κ3) is 5.46. The van der Waals surface area contributed by atoms with Gasteiger partial charge in [-0.3, -0.25) is 9.78 Å². The molecule has 1 fully saturated rings. The molecule has 4 nitrogen and oxygen atoms in total. The monoisotopic (exact) mass is 289 g/mol. The highest BCUT2D eigenvalue weighted by Gasteiger charge is 2.20. The van der Waals surface area contributed by atoms with E-state index in [0.717, 1.165) is 39.0 Å². The molecule has 2 rings (SSSR count). The minimum atomic E-state index is 0.317. The summed E-state index contributed by atoms with van der Waals surface area (Å²) in [5.74, 6) is 0.976. The van der Waals surface area contributed by atoms with E-state index < -0.39 is 0 Å². The van der Waals surface area contributed by atoms with Crippen LogP contribution in [0.5, 0.6) is 0 Å². The molecule has 1 atom stereocenters. The molecule has 1 aliphatic rings. The molecule has 0 spiro atoms. The summed E-state index contributed by atoms with van der Waals surface area (Å²) in [6.45, 7) is 5.95. The lowest BCUT2D eigenvalue weighted by Crippen LogP contribution is -2.40. The Morgan fingerprint density at radius 3 is 2.86 bits per heavy atom. The first kappa shape index (κ1) is 16.0. The van der Waals surface area contributed by atoms with Crippen molar-refractivity contribution in [2.75, 3.05) is 33.2 Å². The fourth-order valence-corrected chi connectivity index (χ4v) is 2.84. The lowest BCUT2D eigenvalue weighted by Gasteiger charge is -2.31. The predicted molar refractivity (Wildman–Crippen MR) is 85.0 cm³/mol. The van der Waals surface area contributed by atoms with E-state index in [4.69, 9.17) is 0 Å². The predicted octanol–water partition coefficient (Wildman–Crippen LogP) is 2.20. The Morgan fingerprint density at radius 1 is 1.38 bits per heavy atom. The summed E-state index contributed by atoms with van der Waals surface area (Å²) < 4.78 is 0. The first-order chi connectivity index (χ1) is 10.1. The summed E-state index contributed by atoms with van der Waals surface area (Å²) in [5.41, 5.74) is 1.30. The van der Waals surface area contributed by atoms with Crippen LogP contribution >= 0.6 is 0 Å². The van der Waals surface area contributed by atoms with Crippen molar-refractivity contribution in [3.05, 3.63) is 30.1 Å². The summed E-state index contributed by atoms with van der Waals surface area (Å²) in [6.07, 6.45) is 7.72. The van der Waals surface area contributed by atoms with E-state index in [1.165, 1.54) is 12.0 Å². The second-order valence-corrected chi connectivity index (χ2v) is 6.25. The summed E-state index contributed by atoms with van der Waals surface area (Å²) in [5, 5.41) is 0. The Balaban J connectivity index is 1.66. The van der Waals surface area contributed by atoms with Gasteiger partial charge < -0.3 is 9.80 Å². The molecular weight excluding hydrogens is 262 g/mol. The van der Waals surface area contributed by atoms with Gasteiger partial charge in [-0.1, -0.05) is 6.92 Å². The molecule has 0 saturated carbocycles. The van der Waals surface area contributed by atoms with E-state index in [-0.39, 0.29) is 0 Å². The molecule has 4 heteroatoms. The molecule has 1 aromatic heterocycles. The molecule has 1 amide bonds. The quantitative estimate of drug-likeness (QED) is 0.805. The van der Waals surface area contributed by atoms with Crippen molar-refractivity contribution in [2.45, 2.75) is 32.6 Å². The van der Waals surface area contributed by atoms with Crippen molar-refractivity contribution in [1.29, 1.82) is 0 Å². The maximum absolute atomic E-state index is 12.2. The number of rotatable bonds is 6. The van der Waals surface area contributed by atoms with Crippen LogP contribution in [0, 0.1) is 5.92 Å². The molecule has 0 bridgehead atoms. The van der Waals surface area contributed by atoms with Crippen molar-refractivity contribution in [3.8, 4) is 0 Å². The van der Waals surface area contributed by atoms with Gasteiger partial charge in [0.25, 0.3) is 0 Å². The van der Waals surface area contributed by atoms with Crippen LogP contribution in [0.15, 0.2) is 24.5 Å². The fraction of sp³-hybridized carbons (Fsp3) is 0.647. The molecule has 0 aromatic carbocycles. The summed E-state index contributed by atoms with van der Waals surface area (Å²) in [6, 6.07) is 4.10. The van der Waals surface area contributed by atoms with Crippen LogP contribution in [0.1, 0.15) is 31.7 Å². The molecule has 1 aliphatic heterocycles. The standard InChI is InChI=1S/C17H27N3O/c1-15-4-3-11-20(14-15)17(21)8-13-19(2)12-7-16-5-9-18-10-6-16/h5-6,9-10,15H,3-4,7-8,11-14H2,1-2H3. The van der Waals surface area contributed by atoms with Crippen molar-refractivity contribution in [3.63, 3.8) is 0 Å². The average Bonchev–Trinajstić information content (AvgIpc) is 2.51. The zero-order chi connectivity index (χ0) is 15.1. The van der Waals surface area contributed by atoms with Gasteiger partial charge in [0, 0.05) is 45.0 Å². The van der Waals surface area contributed by atoms with Gasteiger partial charge in [0.15, 0.2) is 0 Å². The normalized spacial score (nSPS) is 19.0. The summed E-state index contributed by atoms with van der Waals surface area (Å²) in [4.78, 5) is 20.5. The Kier molecular flexibility index (Phi) is 6.18. The summed E-state index contributed by atoms with van der Waals surface area (Å²) >= 11 is 0. The number of nitrogens with zero attached hydrogens (tertiary/aromatic N) is 3. The molecule has 0 N–H and O–H groups in total. The van der Waals surface area contributed by atoms with E-state index in [0.29, 0.717) is 18.2 Å². The molecule has 2 heterocycles. The number of carbonyl (C=O) groups excluding carboxylic acids is 1. The maximum atomic E-state index is 12.2. The van der Waals surface area contributed by atoms with Crippen LogP contribution in [0.25, 0.3) is 0 Å². The van der Waals surface area contributed by atoms with Crippen molar-refractivity contribution in [2.24, 2.45) is 5.92 Å². The smallest absolute Gasteiger partial charge is 0.223 e. The lowest BCUT2D eigenvalue weighted by atomic mass is 10.00. The molecule has 1 aromatic rings. The minimum absolute atomic E-state index is 0.317. The largest absolute Gasteiger partial charge is 0.342 e. The molecule has 116 valence electrons. The van der Waals surface area contributed by atoms with Crippen LogP contribution in [-0.4, -0.2) is 53.9 Å². The number of aromatic nitrogens is 1. The highest BCUT2D eigenvalue weighted by molar-refractivity contribution is 5.76. The van der Waals surface area contributed by atoms with Gasteiger partial charge in [-0.25, -0.2) is 0 Å². The van der Waals surface area contributed by atoms with Crippen molar-refractivity contribution in [1.82, 2.24) is 14.8 Å². The summed E-state index contributed by atoms with van der Waals surface area (Å²) in [7, 11) is 2.09. The zero-order valence-electron chi connectivity index (χ0n) is 13.3. The van der Waals surface area contributed by atoms with E-state index in [9.17, 15) is 4.79 Å². The van der Waals surface area contributed by atoms with Crippen LogP contribution in [0.2, 0.25) is 0 Å². The van der Waals surface area contributed by atoms with E-state index >= 15 is 0 Å².